The van der Waals surface area contributed by atoms with Crippen molar-refractivity contribution in [2.75, 3.05) is 5.32 Å². The summed E-state index contributed by atoms with van der Waals surface area (Å²) in [6, 6.07) is 7.84. The van der Waals surface area contributed by atoms with E-state index in [4.69, 9.17) is 11.6 Å². The molecular weight excluding hydrogens is 290 g/mol. The first kappa shape index (κ1) is 14.2. The molecule has 0 saturated carbocycles. The lowest BCUT2D eigenvalue weighted by molar-refractivity contribution is -0.384. The van der Waals surface area contributed by atoms with E-state index in [1.54, 1.807) is 12.1 Å². The van der Waals surface area contributed by atoms with Crippen LogP contribution in [0.3, 0.4) is 0 Å². The summed E-state index contributed by atoms with van der Waals surface area (Å²) >= 11 is 5.59. The van der Waals surface area contributed by atoms with Gasteiger partial charge < -0.3 is 5.32 Å². The summed E-state index contributed by atoms with van der Waals surface area (Å²) < 4.78 is 26.7. The minimum absolute atomic E-state index is 0.0233. The maximum Gasteiger partial charge on any atom is 0.295 e. The molecule has 2 rings (SSSR count). The first-order valence-corrected chi connectivity index (χ1v) is 5.97. The van der Waals surface area contributed by atoms with Crippen molar-refractivity contribution in [1.82, 2.24) is 0 Å². The smallest absolute Gasteiger partial charge is 0.295 e. The van der Waals surface area contributed by atoms with Gasteiger partial charge in [0.05, 0.1) is 16.0 Å². The van der Waals surface area contributed by atoms with Crippen molar-refractivity contribution in [2.45, 2.75) is 6.54 Å². The number of anilines is 1. The molecule has 0 heterocycles. The van der Waals surface area contributed by atoms with Crippen LogP contribution in [0.4, 0.5) is 20.2 Å². The number of nitrogens with one attached hydrogen (secondary N) is 1. The molecule has 0 aliphatic rings. The first-order valence-electron chi connectivity index (χ1n) is 5.59. The summed E-state index contributed by atoms with van der Waals surface area (Å²) in [6.45, 7) is 0.0233. The molecule has 7 heteroatoms. The number of halogens is 3. The number of nitro benzene ring substituents is 1. The predicted molar refractivity (Wildman–Crippen MR) is 71.8 cm³/mol. The Morgan fingerprint density at radius 1 is 1.20 bits per heavy atom. The fraction of sp³-hybridized carbons (Fsp3) is 0.0769. The van der Waals surface area contributed by atoms with Crippen LogP contribution in [0.25, 0.3) is 0 Å². The van der Waals surface area contributed by atoms with Crippen LogP contribution in [0.5, 0.6) is 0 Å². The third kappa shape index (κ3) is 3.03. The highest BCUT2D eigenvalue weighted by molar-refractivity contribution is 6.31. The number of rotatable bonds is 4. The lowest BCUT2D eigenvalue weighted by Crippen LogP contribution is -2.04. The van der Waals surface area contributed by atoms with Gasteiger partial charge in [-0.3, -0.25) is 10.1 Å². The van der Waals surface area contributed by atoms with Gasteiger partial charge in [0.1, 0.15) is 17.3 Å². The molecule has 2 aromatic carbocycles. The second-order valence-electron chi connectivity index (χ2n) is 3.99. The molecule has 20 heavy (non-hydrogen) atoms. The predicted octanol–water partition coefficient (Wildman–Crippen LogP) is 4.14. The quantitative estimate of drug-likeness (QED) is 0.682. The van der Waals surface area contributed by atoms with Gasteiger partial charge in [-0.1, -0.05) is 29.8 Å². The summed E-state index contributed by atoms with van der Waals surface area (Å²) in [5.74, 6) is -1.31. The number of hydrogen-bond donors (Lipinski definition) is 1. The van der Waals surface area contributed by atoms with Crippen molar-refractivity contribution < 1.29 is 13.7 Å². The van der Waals surface area contributed by atoms with Gasteiger partial charge in [-0.05, 0) is 12.1 Å². The number of nitrogens with zero attached hydrogens (tertiary/aromatic N) is 1. The van der Waals surface area contributed by atoms with Gasteiger partial charge in [0.15, 0.2) is 0 Å². The summed E-state index contributed by atoms with van der Waals surface area (Å²) in [6.07, 6.45) is 0. The van der Waals surface area contributed by atoms with Gasteiger partial charge in [-0.15, -0.1) is 0 Å². The van der Waals surface area contributed by atoms with E-state index in [0.717, 1.165) is 12.1 Å². The summed E-state index contributed by atoms with van der Waals surface area (Å²) in [5, 5.41) is 13.3. The molecule has 0 radical (unpaired) electrons. The second-order valence-corrected chi connectivity index (χ2v) is 4.39. The molecule has 0 bridgehead atoms. The molecule has 0 atom stereocenters. The summed E-state index contributed by atoms with van der Waals surface area (Å²) in [7, 11) is 0. The Morgan fingerprint density at radius 2 is 1.90 bits per heavy atom. The Balaban J connectivity index is 2.27. The van der Waals surface area contributed by atoms with Crippen LogP contribution < -0.4 is 5.32 Å². The maximum absolute atomic E-state index is 13.4. The molecule has 0 aliphatic heterocycles. The molecular formula is C13H9ClF2N2O2. The Hall–Kier alpha value is -2.21. The SMILES string of the molecule is O=[N+]([O-])c1cc(F)c(Cl)cc1NCc1ccccc1F. The van der Waals surface area contributed by atoms with Crippen LogP contribution in [0.2, 0.25) is 5.02 Å². The van der Waals surface area contributed by atoms with E-state index in [1.807, 2.05) is 0 Å². The highest BCUT2D eigenvalue weighted by Gasteiger charge is 2.17. The van der Waals surface area contributed by atoms with E-state index in [1.165, 1.54) is 12.1 Å². The zero-order valence-corrected chi connectivity index (χ0v) is 10.8. The van der Waals surface area contributed by atoms with Crippen LogP contribution >= 0.6 is 11.6 Å². The molecule has 0 spiro atoms. The molecule has 0 amide bonds. The Kier molecular flexibility index (Phi) is 4.14. The van der Waals surface area contributed by atoms with E-state index in [0.29, 0.717) is 5.56 Å². The molecule has 0 aliphatic carbocycles. The van der Waals surface area contributed by atoms with Crippen LogP contribution in [0.15, 0.2) is 36.4 Å². The van der Waals surface area contributed by atoms with E-state index < -0.39 is 22.2 Å². The molecule has 0 aromatic heterocycles. The average molecular weight is 299 g/mol. The van der Waals surface area contributed by atoms with Gasteiger partial charge in [0.2, 0.25) is 0 Å². The van der Waals surface area contributed by atoms with Crippen LogP contribution in [-0.2, 0) is 6.54 Å². The van der Waals surface area contributed by atoms with Crippen molar-refractivity contribution in [3.8, 4) is 0 Å². The maximum atomic E-state index is 13.4. The molecule has 1 N–H and O–H groups in total. The second kappa shape index (κ2) is 5.83. The van der Waals surface area contributed by atoms with Crippen molar-refractivity contribution in [3.05, 3.63) is 68.7 Å². The highest BCUT2D eigenvalue weighted by atomic mass is 35.5. The summed E-state index contributed by atoms with van der Waals surface area (Å²) in [5.41, 5.74) is -0.0878. The monoisotopic (exact) mass is 298 g/mol. The van der Waals surface area contributed by atoms with Gasteiger partial charge in [0, 0.05) is 12.1 Å². The summed E-state index contributed by atoms with van der Waals surface area (Å²) in [4.78, 5) is 10.1. The molecule has 0 fully saturated rings. The Labute approximate surface area is 118 Å². The van der Waals surface area contributed by atoms with E-state index in [-0.39, 0.29) is 17.3 Å². The van der Waals surface area contributed by atoms with Crippen LogP contribution in [0.1, 0.15) is 5.56 Å². The van der Waals surface area contributed by atoms with Crippen molar-refractivity contribution in [3.63, 3.8) is 0 Å². The topological polar surface area (TPSA) is 55.2 Å². The molecule has 104 valence electrons. The van der Waals surface area contributed by atoms with E-state index in [9.17, 15) is 18.9 Å². The third-order valence-electron chi connectivity index (χ3n) is 2.66. The van der Waals surface area contributed by atoms with E-state index >= 15 is 0 Å². The van der Waals surface area contributed by atoms with Crippen molar-refractivity contribution >= 4 is 23.0 Å². The largest absolute Gasteiger partial charge is 0.375 e. The average Bonchev–Trinajstić information content (AvgIpc) is 2.41. The Morgan fingerprint density at radius 3 is 2.55 bits per heavy atom. The van der Waals surface area contributed by atoms with Crippen LogP contribution in [0, 0.1) is 21.7 Å². The number of hydrogen-bond acceptors (Lipinski definition) is 3. The lowest BCUT2D eigenvalue weighted by atomic mass is 10.2. The number of benzene rings is 2. The van der Waals surface area contributed by atoms with Crippen molar-refractivity contribution in [2.24, 2.45) is 0 Å². The highest BCUT2D eigenvalue weighted by Crippen LogP contribution is 2.30. The fourth-order valence-corrected chi connectivity index (χ4v) is 1.82. The van der Waals surface area contributed by atoms with Gasteiger partial charge in [-0.25, -0.2) is 8.78 Å². The normalized spacial score (nSPS) is 10.3. The van der Waals surface area contributed by atoms with Gasteiger partial charge >= 0.3 is 0 Å². The Bertz CT molecular complexity index is 665. The third-order valence-corrected chi connectivity index (χ3v) is 2.95. The minimum atomic E-state index is -0.880. The lowest BCUT2D eigenvalue weighted by Gasteiger charge is -2.08. The molecule has 0 saturated heterocycles. The number of nitro groups is 1. The molecule has 0 unspecified atom stereocenters. The minimum Gasteiger partial charge on any atom is -0.375 e. The van der Waals surface area contributed by atoms with Gasteiger partial charge in [-0.2, -0.15) is 0 Å². The van der Waals surface area contributed by atoms with Gasteiger partial charge in [0.25, 0.3) is 5.69 Å². The zero-order chi connectivity index (χ0) is 14.7. The molecule has 4 nitrogen and oxygen atoms in total. The molecule has 2 aromatic rings. The van der Waals surface area contributed by atoms with E-state index in [2.05, 4.69) is 5.32 Å². The van der Waals surface area contributed by atoms with Crippen LogP contribution in [-0.4, -0.2) is 4.92 Å². The standard InChI is InChI=1S/C13H9ClF2N2O2/c14-9-5-12(13(18(19)20)6-11(9)16)17-7-8-3-1-2-4-10(8)15/h1-6,17H,7H2. The fourth-order valence-electron chi connectivity index (χ4n) is 1.66. The first-order chi connectivity index (χ1) is 9.49. The zero-order valence-electron chi connectivity index (χ0n) is 10.1. The van der Waals surface area contributed by atoms with Crippen molar-refractivity contribution in [1.29, 1.82) is 0 Å².